The van der Waals surface area contributed by atoms with Crippen LogP contribution >= 0.6 is 0 Å². The van der Waals surface area contributed by atoms with E-state index in [0.29, 0.717) is 29.0 Å². The lowest BCUT2D eigenvalue weighted by Gasteiger charge is -2.25. The van der Waals surface area contributed by atoms with Crippen molar-refractivity contribution in [2.24, 2.45) is 5.92 Å². The van der Waals surface area contributed by atoms with E-state index in [1.165, 1.54) is 42.3 Å². The van der Waals surface area contributed by atoms with Gasteiger partial charge in [0.2, 0.25) is 5.65 Å². The second kappa shape index (κ2) is 11.8. The van der Waals surface area contributed by atoms with Crippen LogP contribution in [0.25, 0.3) is 16.9 Å². The van der Waals surface area contributed by atoms with Crippen LogP contribution in [0.1, 0.15) is 60.6 Å². The van der Waals surface area contributed by atoms with E-state index in [4.69, 9.17) is 4.74 Å². The summed E-state index contributed by atoms with van der Waals surface area (Å²) in [5, 5.41) is 6.33. The molecule has 3 aromatic heterocycles. The van der Waals surface area contributed by atoms with E-state index < -0.39 is 30.4 Å². The van der Waals surface area contributed by atoms with Crippen LogP contribution in [-0.4, -0.2) is 43.0 Å². The van der Waals surface area contributed by atoms with Crippen LogP contribution < -0.4 is 10.1 Å². The molecule has 0 spiro atoms. The third-order valence-corrected chi connectivity index (χ3v) is 7.24. The molecule has 5 rings (SSSR count). The van der Waals surface area contributed by atoms with Crippen molar-refractivity contribution in [3.05, 3.63) is 59.8 Å². The van der Waals surface area contributed by atoms with Crippen molar-refractivity contribution in [2.75, 3.05) is 6.54 Å². The van der Waals surface area contributed by atoms with Gasteiger partial charge in [-0.25, -0.2) is 18.7 Å². The number of halogens is 5. The zero-order valence-corrected chi connectivity index (χ0v) is 22.3. The average Bonchev–Trinajstić information content (AvgIpc) is 3.51. The molecule has 1 aliphatic rings. The quantitative estimate of drug-likeness (QED) is 0.162. The number of aromatic nitrogens is 5. The first-order valence-electron chi connectivity index (χ1n) is 13.5. The molecular formula is C28H29F5N6O2. The highest BCUT2D eigenvalue weighted by molar-refractivity contribution is 5.95. The molecule has 3 heterocycles. The maximum Gasteiger partial charge on any atom is 0.435 e. The Morgan fingerprint density at radius 1 is 1.22 bits per heavy atom. The minimum absolute atomic E-state index is 0.0151. The molecule has 218 valence electrons. The normalized spacial score (nSPS) is 14.0. The van der Waals surface area contributed by atoms with Crippen LogP contribution in [0, 0.1) is 5.92 Å². The SMILES string of the molecule is CCc1cc(Oc2nccn3c(-c4cn(CC(F)F)nc4C(F)(F)F)cnc23)ccc1C(=O)NCCCC1CCC1. The molecule has 13 heteroatoms. The van der Waals surface area contributed by atoms with Gasteiger partial charge in [-0.1, -0.05) is 26.2 Å². The monoisotopic (exact) mass is 576 g/mol. The van der Waals surface area contributed by atoms with Crippen molar-refractivity contribution in [1.82, 2.24) is 29.5 Å². The second-order valence-electron chi connectivity index (χ2n) is 10.0. The van der Waals surface area contributed by atoms with Gasteiger partial charge in [-0.05, 0) is 48.9 Å². The number of amides is 1. The first kappa shape index (κ1) is 28.5. The van der Waals surface area contributed by atoms with Crippen LogP contribution in [0.5, 0.6) is 11.6 Å². The van der Waals surface area contributed by atoms with Crippen molar-refractivity contribution in [1.29, 1.82) is 0 Å². The maximum atomic E-state index is 13.7. The third kappa shape index (κ3) is 6.33. The predicted molar refractivity (Wildman–Crippen MR) is 140 cm³/mol. The Hall–Kier alpha value is -4.03. The number of nitrogens with one attached hydrogen (secondary N) is 1. The Balaban J connectivity index is 1.37. The number of hydrogen-bond donors (Lipinski definition) is 1. The predicted octanol–water partition coefficient (Wildman–Crippen LogP) is 6.54. The standard InChI is InChI=1S/C28H29F5N6O2/c1-2-18-13-19(8-9-20(18)26(40)34-10-4-7-17-5-3-6-17)41-27-25-36-14-22(39(25)12-11-35-27)21-15-38(16-23(29)30)37-24(21)28(31,32)33/h8-9,11-15,17,23H,2-7,10,16H2,1H3,(H,34,40). The molecule has 0 aliphatic heterocycles. The summed E-state index contributed by atoms with van der Waals surface area (Å²) in [5.41, 5.74) is -0.306. The van der Waals surface area contributed by atoms with Gasteiger partial charge in [-0.2, -0.15) is 18.3 Å². The summed E-state index contributed by atoms with van der Waals surface area (Å²) in [6.45, 7) is 1.55. The Morgan fingerprint density at radius 2 is 2.02 bits per heavy atom. The first-order chi connectivity index (χ1) is 19.6. The number of alkyl halides is 5. The van der Waals surface area contributed by atoms with Gasteiger partial charge in [0, 0.05) is 30.7 Å². The van der Waals surface area contributed by atoms with Crippen molar-refractivity contribution in [2.45, 2.75) is 64.6 Å². The lowest BCUT2D eigenvalue weighted by Crippen LogP contribution is -2.26. The molecule has 0 radical (unpaired) electrons. The number of fused-ring (bicyclic) bond motifs is 1. The van der Waals surface area contributed by atoms with E-state index in [9.17, 15) is 26.7 Å². The summed E-state index contributed by atoms with van der Waals surface area (Å²) in [6, 6.07) is 5.00. The van der Waals surface area contributed by atoms with Crippen LogP contribution in [0.3, 0.4) is 0 Å². The number of ether oxygens (including phenoxy) is 1. The van der Waals surface area contributed by atoms with Gasteiger partial charge in [0.1, 0.15) is 12.3 Å². The number of carbonyl (C=O) groups excluding carboxylic acids is 1. The molecule has 1 aromatic carbocycles. The molecule has 0 saturated heterocycles. The van der Waals surface area contributed by atoms with Gasteiger partial charge < -0.3 is 10.1 Å². The smallest absolute Gasteiger partial charge is 0.435 e. The number of carbonyl (C=O) groups is 1. The van der Waals surface area contributed by atoms with Gasteiger partial charge in [0.25, 0.3) is 18.2 Å². The Kier molecular flexibility index (Phi) is 8.22. The van der Waals surface area contributed by atoms with Crippen molar-refractivity contribution in [3.63, 3.8) is 0 Å². The summed E-state index contributed by atoms with van der Waals surface area (Å²) in [5.74, 6) is 1.01. The number of benzene rings is 1. The van der Waals surface area contributed by atoms with E-state index in [1.54, 1.807) is 18.2 Å². The molecule has 41 heavy (non-hydrogen) atoms. The molecule has 1 saturated carbocycles. The molecule has 1 amide bonds. The molecule has 0 atom stereocenters. The van der Waals surface area contributed by atoms with Gasteiger partial charge in [-0.3, -0.25) is 13.9 Å². The van der Waals surface area contributed by atoms with Crippen molar-refractivity contribution in [3.8, 4) is 22.9 Å². The molecule has 0 bridgehead atoms. The van der Waals surface area contributed by atoms with Crippen LogP contribution in [0.15, 0.2) is 43.0 Å². The number of aryl methyl sites for hydroxylation is 1. The molecule has 1 aliphatic carbocycles. The molecule has 4 aromatic rings. The van der Waals surface area contributed by atoms with Crippen LogP contribution in [-0.2, 0) is 19.1 Å². The zero-order valence-electron chi connectivity index (χ0n) is 22.3. The van der Waals surface area contributed by atoms with Gasteiger partial charge in [0.05, 0.1) is 17.5 Å². The van der Waals surface area contributed by atoms with E-state index >= 15 is 0 Å². The third-order valence-electron chi connectivity index (χ3n) is 7.24. The van der Waals surface area contributed by atoms with Gasteiger partial charge >= 0.3 is 6.18 Å². The average molecular weight is 577 g/mol. The van der Waals surface area contributed by atoms with Gasteiger partial charge in [0.15, 0.2) is 5.69 Å². The summed E-state index contributed by atoms with van der Waals surface area (Å²) < 4.78 is 74.6. The van der Waals surface area contributed by atoms with Gasteiger partial charge in [-0.15, -0.1) is 0 Å². The van der Waals surface area contributed by atoms with Crippen molar-refractivity contribution >= 4 is 11.6 Å². The minimum Gasteiger partial charge on any atom is -0.436 e. The maximum absolute atomic E-state index is 13.7. The lowest BCUT2D eigenvalue weighted by atomic mass is 9.82. The molecule has 8 nitrogen and oxygen atoms in total. The summed E-state index contributed by atoms with van der Waals surface area (Å²) in [7, 11) is 0. The highest BCUT2D eigenvalue weighted by atomic mass is 19.4. The van der Waals surface area contributed by atoms with E-state index in [-0.39, 0.29) is 23.1 Å². The Morgan fingerprint density at radius 3 is 2.71 bits per heavy atom. The number of imidazole rings is 1. The lowest BCUT2D eigenvalue weighted by molar-refractivity contribution is -0.141. The van der Waals surface area contributed by atoms with Crippen LogP contribution in [0.2, 0.25) is 0 Å². The molecule has 0 unspecified atom stereocenters. The second-order valence-corrected chi connectivity index (χ2v) is 10.0. The fraction of sp³-hybridized carbons (Fsp3) is 0.429. The first-order valence-corrected chi connectivity index (χ1v) is 13.5. The zero-order chi connectivity index (χ0) is 29.1. The number of rotatable bonds is 11. The minimum atomic E-state index is -4.87. The summed E-state index contributed by atoms with van der Waals surface area (Å²) in [4.78, 5) is 21.2. The highest BCUT2D eigenvalue weighted by Crippen LogP contribution is 2.37. The van der Waals surface area contributed by atoms with Crippen LogP contribution in [0.4, 0.5) is 22.0 Å². The molecule has 1 N–H and O–H groups in total. The highest BCUT2D eigenvalue weighted by Gasteiger charge is 2.38. The molecular weight excluding hydrogens is 547 g/mol. The van der Waals surface area contributed by atoms with E-state index in [1.807, 2.05) is 6.92 Å². The topological polar surface area (TPSA) is 86.3 Å². The van der Waals surface area contributed by atoms with E-state index in [0.717, 1.165) is 30.5 Å². The number of hydrogen-bond acceptors (Lipinski definition) is 5. The summed E-state index contributed by atoms with van der Waals surface area (Å²) in [6.07, 6.45) is 3.55. The number of nitrogens with zero attached hydrogens (tertiary/aromatic N) is 5. The van der Waals surface area contributed by atoms with Crippen molar-refractivity contribution < 1.29 is 31.5 Å². The largest absolute Gasteiger partial charge is 0.436 e. The molecule has 1 fully saturated rings. The Labute approximate surface area is 232 Å². The van der Waals surface area contributed by atoms with E-state index in [2.05, 4.69) is 20.4 Å². The fourth-order valence-electron chi connectivity index (χ4n) is 4.95. The summed E-state index contributed by atoms with van der Waals surface area (Å²) >= 11 is 0. The Bertz CT molecular complexity index is 1530. The fourth-order valence-corrected chi connectivity index (χ4v) is 4.95.